The zero-order valence-corrected chi connectivity index (χ0v) is 57.9. The average molecular weight is 1200 g/mol. The molecule has 0 saturated heterocycles. The number of carbonyl (C=O) groups is 2. The molecule has 2 atom stereocenters. The van der Waals surface area contributed by atoms with Gasteiger partial charge >= 0.3 is 5.97 Å². The minimum Gasteiger partial charge on any atom is -0.466 e. The number of ether oxygens (including phenoxy) is 1. The van der Waals surface area contributed by atoms with Crippen LogP contribution in [0.5, 0.6) is 0 Å². The molecule has 0 aromatic heterocycles. The molecule has 0 aliphatic rings. The second-order valence-corrected chi connectivity index (χ2v) is 27.0. The average Bonchev–Trinajstić information content (AvgIpc) is 3.50. The van der Waals surface area contributed by atoms with Gasteiger partial charge < -0.3 is 20.3 Å². The van der Waals surface area contributed by atoms with Crippen molar-refractivity contribution in [3.63, 3.8) is 0 Å². The Labute approximate surface area is 532 Å². The van der Waals surface area contributed by atoms with E-state index in [9.17, 15) is 19.8 Å². The van der Waals surface area contributed by atoms with Gasteiger partial charge in [-0.2, -0.15) is 0 Å². The third-order valence-corrected chi connectivity index (χ3v) is 18.5. The second kappa shape index (κ2) is 74.8. The van der Waals surface area contributed by atoms with Gasteiger partial charge in [0.25, 0.3) is 0 Å². The summed E-state index contributed by atoms with van der Waals surface area (Å²) in [5.41, 5.74) is 0. The fourth-order valence-electron chi connectivity index (χ4n) is 12.5. The molecule has 0 rings (SSSR count). The Morgan fingerprint density at radius 2 is 0.553 bits per heavy atom. The van der Waals surface area contributed by atoms with E-state index in [1.807, 2.05) is 6.08 Å². The van der Waals surface area contributed by atoms with Crippen LogP contribution >= 0.6 is 0 Å². The highest BCUT2D eigenvalue weighted by atomic mass is 16.5. The number of amides is 1. The van der Waals surface area contributed by atoms with Crippen LogP contribution < -0.4 is 5.32 Å². The Balaban J connectivity index is 3.37. The van der Waals surface area contributed by atoms with Gasteiger partial charge in [-0.25, -0.2) is 0 Å². The number of rotatable bonds is 74. The third-order valence-electron chi connectivity index (χ3n) is 18.5. The molecule has 0 bridgehead atoms. The summed E-state index contributed by atoms with van der Waals surface area (Å²) in [5.74, 6) is -0.0393. The van der Waals surface area contributed by atoms with Crippen LogP contribution in [0.2, 0.25) is 0 Å². The van der Waals surface area contributed by atoms with E-state index < -0.39 is 12.1 Å². The Morgan fingerprint density at radius 1 is 0.318 bits per heavy atom. The Morgan fingerprint density at radius 3 is 0.835 bits per heavy atom. The molecule has 0 aromatic rings. The molecule has 0 fully saturated rings. The zero-order chi connectivity index (χ0) is 61.3. The lowest BCUT2D eigenvalue weighted by Gasteiger charge is -2.20. The fourth-order valence-corrected chi connectivity index (χ4v) is 12.5. The first-order valence-corrected chi connectivity index (χ1v) is 39.1. The molecule has 1 amide bonds. The van der Waals surface area contributed by atoms with Gasteiger partial charge in [-0.3, -0.25) is 9.59 Å². The number of hydrogen-bond donors (Lipinski definition) is 3. The van der Waals surface area contributed by atoms with Crippen molar-refractivity contribution in [3.05, 3.63) is 24.3 Å². The second-order valence-electron chi connectivity index (χ2n) is 27.0. The molecule has 0 radical (unpaired) electrons. The van der Waals surface area contributed by atoms with Gasteiger partial charge in [-0.05, 0) is 57.8 Å². The van der Waals surface area contributed by atoms with E-state index in [4.69, 9.17) is 4.74 Å². The molecular formula is C79H153NO5. The van der Waals surface area contributed by atoms with Crippen LogP contribution in [0.15, 0.2) is 24.3 Å². The molecule has 0 saturated carbocycles. The topological polar surface area (TPSA) is 95.9 Å². The summed E-state index contributed by atoms with van der Waals surface area (Å²) in [6.45, 7) is 4.96. The number of aliphatic hydroxyl groups is 2. The van der Waals surface area contributed by atoms with Gasteiger partial charge in [-0.15, -0.1) is 0 Å². The molecule has 0 aliphatic carbocycles. The SMILES string of the molecule is CCCCCCCCCCCCCCCCCCCCC/C=C/C(O)C(CO)NC(=O)CCCCCCCCCCCCCCCCC/C=C\CCCCCCCCCCCCCCOC(=O)CCCCCCCCCCCCCCCCCC. The van der Waals surface area contributed by atoms with Gasteiger partial charge in [0, 0.05) is 12.8 Å². The summed E-state index contributed by atoms with van der Waals surface area (Å²) in [4.78, 5) is 24.6. The summed E-state index contributed by atoms with van der Waals surface area (Å²) in [6, 6.07) is -0.627. The molecule has 2 unspecified atom stereocenters. The molecule has 0 aromatic carbocycles. The van der Waals surface area contributed by atoms with Crippen molar-refractivity contribution in [2.24, 2.45) is 0 Å². The van der Waals surface area contributed by atoms with Crippen LogP contribution in [-0.4, -0.2) is 47.4 Å². The van der Waals surface area contributed by atoms with E-state index >= 15 is 0 Å². The lowest BCUT2D eigenvalue weighted by molar-refractivity contribution is -0.143. The number of unbranched alkanes of at least 4 members (excludes halogenated alkanes) is 61. The predicted octanol–water partition coefficient (Wildman–Crippen LogP) is 25.7. The molecule has 85 heavy (non-hydrogen) atoms. The molecular weight excluding hydrogens is 1040 g/mol. The molecule has 0 spiro atoms. The normalized spacial score (nSPS) is 12.6. The predicted molar refractivity (Wildman–Crippen MR) is 375 cm³/mol. The number of nitrogens with one attached hydrogen (secondary N) is 1. The van der Waals surface area contributed by atoms with Gasteiger partial charge in [0.1, 0.15) is 0 Å². The monoisotopic (exact) mass is 1200 g/mol. The quantitative estimate of drug-likeness (QED) is 0.0320. The highest BCUT2D eigenvalue weighted by Crippen LogP contribution is 2.20. The number of aliphatic hydroxyl groups excluding tert-OH is 2. The van der Waals surface area contributed by atoms with Gasteiger partial charge in [0.05, 0.1) is 25.4 Å². The number of carbonyl (C=O) groups excluding carboxylic acids is 2. The highest BCUT2D eigenvalue weighted by Gasteiger charge is 2.18. The van der Waals surface area contributed by atoms with E-state index in [2.05, 4.69) is 31.3 Å². The van der Waals surface area contributed by atoms with Gasteiger partial charge in [-0.1, -0.05) is 398 Å². The fraction of sp³-hybridized carbons (Fsp3) is 0.924. The number of esters is 1. The van der Waals surface area contributed by atoms with Crippen molar-refractivity contribution in [2.45, 2.75) is 456 Å². The summed E-state index contributed by atoms with van der Waals surface area (Å²) in [6.07, 6.45) is 95.8. The summed E-state index contributed by atoms with van der Waals surface area (Å²) < 4.78 is 5.51. The minimum atomic E-state index is -0.844. The Hall–Kier alpha value is -1.66. The maximum Gasteiger partial charge on any atom is 0.305 e. The van der Waals surface area contributed by atoms with Crippen LogP contribution in [0.1, 0.15) is 444 Å². The van der Waals surface area contributed by atoms with Crippen LogP contribution in [0, 0.1) is 0 Å². The van der Waals surface area contributed by atoms with Crippen molar-refractivity contribution >= 4 is 11.9 Å². The van der Waals surface area contributed by atoms with Gasteiger partial charge in [0.2, 0.25) is 5.91 Å². The largest absolute Gasteiger partial charge is 0.466 e. The third kappa shape index (κ3) is 71.3. The molecule has 6 heteroatoms. The minimum absolute atomic E-state index is 0.0219. The molecule has 3 N–H and O–H groups in total. The standard InChI is InChI=1S/C79H153NO5/c1-3-5-7-9-11-13-15-17-19-21-22-34-37-40-43-47-51-55-59-63-67-71-77(82)76(75-81)80-78(83)72-68-64-60-56-52-48-44-41-38-35-32-30-28-26-24-23-25-27-29-31-33-36-39-42-46-50-54-58-62-66-70-74-85-79(84)73-69-65-61-57-53-49-45-20-18-16-14-12-10-8-6-4-2/h25,27,67,71,76-77,81-82H,3-24,26,28-66,68-70,72-75H2,1-2H3,(H,80,83)/b27-25-,71-67+. The van der Waals surface area contributed by atoms with E-state index in [0.717, 1.165) is 38.5 Å². The molecule has 504 valence electrons. The van der Waals surface area contributed by atoms with Crippen molar-refractivity contribution in [1.29, 1.82) is 0 Å². The smallest absolute Gasteiger partial charge is 0.305 e. The van der Waals surface area contributed by atoms with E-state index in [0.29, 0.717) is 19.4 Å². The Bertz CT molecular complexity index is 1330. The van der Waals surface area contributed by atoms with Crippen LogP contribution in [0.25, 0.3) is 0 Å². The summed E-state index contributed by atoms with van der Waals surface area (Å²) in [7, 11) is 0. The summed E-state index contributed by atoms with van der Waals surface area (Å²) in [5, 5.41) is 23.3. The van der Waals surface area contributed by atoms with Crippen LogP contribution in [0.4, 0.5) is 0 Å². The zero-order valence-electron chi connectivity index (χ0n) is 57.9. The number of allylic oxidation sites excluding steroid dienone is 3. The molecule has 6 nitrogen and oxygen atoms in total. The molecule has 0 heterocycles. The first kappa shape index (κ1) is 83.3. The van der Waals surface area contributed by atoms with Crippen LogP contribution in [-0.2, 0) is 14.3 Å². The highest BCUT2D eigenvalue weighted by molar-refractivity contribution is 5.76. The van der Waals surface area contributed by atoms with Crippen molar-refractivity contribution in [2.75, 3.05) is 13.2 Å². The maximum atomic E-state index is 12.5. The molecule has 0 aliphatic heterocycles. The first-order chi connectivity index (χ1) is 42.0. The van der Waals surface area contributed by atoms with E-state index in [1.54, 1.807) is 6.08 Å². The van der Waals surface area contributed by atoms with E-state index in [1.165, 1.54) is 379 Å². The number of hydrogen-bond acceptors (Lipinski definition) is 5. The van der Waals surface area contributed by atoms with Crippen LogP contribution in [0.3, 0.4) is 0 Å². The van der Waals surface area contributed by atoms with Gasteiger partial charge in [0.15, 0.2) is 0 Å². The summed E-state index contributed by atoms with van der Waals surface area (Å²) >= 11 is 0. The lowest BCUT2D eigenvalue weighted by atomic mass is 10.0. The first-order valence-electron chi connectivity index (χ1n) is 39.1. The Kier molecular flexibility index (Phi) is 73.3. The van der Waals surface area contributed by atoms with Crippen molar-refractivity contribution in [3.8, 4) is 0 Å². The maximum absolute atomic E-state index is 12.5. The van der Waals surface area contributed by atoms with Crippen molar-refractivity contribution in [1.82, 2.24) is 5.32 Å². The lowest BCUT2D eigenvalue weighted by Crippen LogP contribution is -2.45. The van der Waals surface area contributed by atoms with E-state index in [-0.39, 0.29) is 18.5 Å². The van der Waals surface area contributed by atoms with Crippen molar-refractivity contribution < 1.29 is 24.5 Å².